The first kappa shape index (κ1) is 18.5. The van der Waals surface area contributed by atoms with Gasteiger partial charge in [0, 0.05) is 10.9 Å². The average Bonchev–Trinajstić information content (AvgIpc) is 3.05. The number of Topliss-reactive ketones (excluding diaryl/α,β-unsaturated/α-hetero) is 1. The van der Waals surface area contributed by atoms with Crippen LogP contribution in [0, 0.1) is 11.8 Å². The summed E-state index contributed by atoms with van der Waals surface area (Å²) in [5.74, 6) is -2.31. The van der Waals surface area contributed by atoms with E-state index < -0.39 is 17.3 Å². The summed E-state index contributed by atoms with van der Waals surface area (Å²) in [4.78, 5) is 42.4. The van der Waals surface area contributed by atoms with Gasteiger partial charge in [0.1, 0.15) is 5.78 Å². The Balaban J connectivity index is 1.67. The summed E-state index contributed by atoms with van der Waals surface area (Å²) in [6.07, 6.45) is 0. The number of nitrogens with zero attached hydrogens (tertiary/aromatic N) is 1. The van der Waals surface area contributed by atoms with Gasteiger partial charge >= 0.3 is 0 Å². The number of ketones is 1. The second-order valence-electron chi connectivity index (χ2n) is 8.51. The monoisotopic (exact) mass is 427 g/mol. The fourth-order valence-electron chi connectivity index (χ4n) is 6.21. The molecule has 5 heteroatoms. The highest BCUT2D eigenvalue weighted by Crippen LogP contribution is 2.64. The van der Waals surface area contributed by atoms with Crippen LogP contribution >= 0.6 is 11.6 Å². The molecule has 3 aromatic carbocycles. The van der Waals surface area contributed by atoms with Gasteiger partial charge in [0.25, 0.3) is 0 Å². The van der Waals surface area contributed by atoms with Crippen LogP contribution in [0.4, 0.5) is 5.69 Å². The minimum Gasteiger partial charge on any atom is -0.299 e. The van der Waals surface area contributed by atoms with Gasteiger partial charge in [-0.15, -0.1) is 0 Å². The number of carbonyl (C=O) groups excluding carboxylic acids is 3. The van der Waals surface area contributed by atoms with Crippen molar-refractivity contribution in [1.82, 2.24) is 0 Å². The molecule has 4 nitrogen and oxygen atoms in total. The smallest absolute Gasteiger partial charge is 0.239 e. The molecule has 4 aliphatic rings. The highest BCUT2D eigenvalue weighted by Gasteiger charge is 2.69. The van der Waals surface area contributed by atoms with Crippen molar-refractivity contribution in [3.63, 3.8) is 0 Å². The Labute approximate surface area is 184 Å². The summed E-state index contributed by atoms with van der Waals surface area (Å²) in [6, 6.07) is 22.2. The second-order valence-corrected chi connectivity index (χ2v) is 8.94. The van der Waals surface area contributed by atoms with Crippen molar-refractivity contribution in [2.75, 3.05) is 4.90 Å². The zero-order valence-electron chi connectivity index (χ0n) is 16.7. The molecule has 0 saturated carbocycles. The molecule has 0 aromatic heterocycles. The Morgan fingerprint density at radius 3 is 1.94 bits per heavy atom. The number of hydrogen-bond donors (Lipinski definition) is 0. The minimum absolute atomic E-state index is 0.111. The highest BCUT2D eigenvalue weighted by atomic mass is 35.5. The zero-order valence-corrected chi connectivity index (χ0v) is 17.5. The fourth-order valence-corrected chi connectivity index (χ4v) is 6.34. The highest BCUT2D eigenvalue weighted by molar-refractivity contribution is 6.31. The maximum absolute atomic E-state index is 13.9. The van der Waals surface area contributed by atoms with Crippen molar-refractivity contribution < 1.29 is 14.4 Å². The van der Waals surface area contributed by atoms with Crippen LogP contribution in [-0.2, 0) is 19.8 Å². The van der Waals surface area contributed by atoms with E-state index in [4.69, 9.17) is 11.6 Å². The molecule has 1 heterocycles. The van der Waals surface area contributed by atoms with E-state index in [2.05, 4.69) is 0 Å². The molecule has 2 amide bonds. The van der Waals surface area contributed by atoms with Crippen LogP contribution in [0.2, 0.25) is 5.02 Å². The lowest BCUT2D eigenvalue weighted by atomic mass is 9.46. The molecule has 3 aromatic rings. The van der Waals surface area contributed by atoms with Gasteiger partial charge in [0.05, 0.1) is 22.9 Å². The lowest BCUT2D eigenvalue weighted by Crippen LogP contribution is -2.57. The molecular formula is C26H18ClNO3. The van der Waals surface area contributed by atoms with E-state index in [9.17, 15) is 14.4 Å². The number of halogens is 1. The number of rotatable bonds is 2. The van der Waals surface area contributed by atoms with E-state index in [0.717, 1.165) is 22.3 Å². The van der Waals surface area contributed by atoms with Crippen molar-refractivity contribution in [3.05, 3.63) is 100 Å². The topological polar surface area (TPSA) is 54.5 Å². The number of anilines is 1. The molecule has 31 heavy (non-hydrogen) atoms. The summed E-state index contributed by atoms with van der Waals surface area (Å²) in [7, 11) is 0. The SMILES string of the molecule is CC(=O)C12c3ccccc3C(c3ccccc31)[C@@H]1C(=O)N(c3ccc(Cl)cc3)C(=O)[C@@H]12. The first-order valence-electron chi connectivity index (χ1n) is 10.3. The molecule has 1 saturated heterocycles. The third kappa shape index (κ3) is 2.08. The largest absolute Gasteiger partial charge is 0.299 e. The Hall–Kier alpha value is -3.24. The Bertz CT molecular complexity index is 1250. The van der Waals surface area contributed by atoms with Crippen molar-refractivity contribution >= 4 is 34.9 Å². The third-order valence-corrected chi connectivity index (χ3v) is 7.51. The lowest BCUT2D eigenvalue weighted by Gasteiger charge is -2.52. The molecule has 0 unspecified atom stereocenters. The number of hydrogen-bond acceptors (Lipinski definition) is 3. The molecule has 1 aliphatic heterocycles. The van der Waals surface area contributed by atoms with E-state index in [-0.39, 0.29) is 23.5 Å². The van der Waals surface area contributed by atoms with Crippen LogP contribution in [0.5, 0.6) is 0 Å². The summed E-state index contributed by atoms with van der Waals surface area (Å²) in [6.45, 7) is 1.54. The standard InChI is InChI=1S/C26H18ClNO3/c1-14(29)26-19-8-4-2-6-17(19)21(18-7-3-5-9-20(18)26)22-23(26)25(31)28(24(22)30)16-12-10-15(27)11-13-16/h2-13,21-23H,1H3/t21?,22-,23+,26?/m0/s1. The molecule has 3 aliphatic carbocycles. The van der Waals surface area contributed by atoms with Gasteiger partial charge in [-0.3, -0.25) is 14.4 Å². The first-order valence-corrected chi connectivity index (χ1v) is 10.7. The molecule has 2 bridgehead atoms. The Morgan fingerprint density at radius 1 is 0.839 bits per heavy atom. The van der Waals surface area contributed by atoms with E-state index >= 15 is 0 Å². The Kier molecular flexibility index (Phi) is 3.67. The van der Waals surface area contributed by atoms with Crippen LogP contribution in [0.1, 0.15) is 35.1 Å². The van der Waals surface area contributed by atoms with Crippen LogP contribution in [0.15, 0.2) is 72.8 Å². The summed E-state index contributed by atoms with van der Waals surface area (Å²) in [5, 5.41) is 0.528. The number of amides is 2. The molecule has 152 valence electrons. The van der Waals surface area contributed by atoms with Crippen molar-refractivity contribution in [2.45, 2.75) is 18.3 Å². The van der Waals surface area contributed by atoms with Gasteiger partial charge < -0.3 is 0 Å². The normalized spacial score (nSPS) is 27.7. The van der Waals surface area contributed by atoms with Gasteiger partial charge in [-0.25, -0.2) is 4.90 Å². The summed E-state index contributed by atoms with van der Waals surface area (Å²) >= 11 is 6.02. The van der Waals surface area contributed by atoms with Crippen LogP contribution in [0.3, 0.4) is 0 Å². The average molecular weight is 428 g/mol. The van der Waals surface area contributed by atoms with Crippen LogP contribution in [0.25, 0.3) is 0 Å². The number of imide groups is 1. The van der Waals surface area contributed by atoms with Crippen molar-refractivity contribution in [1.29, 1.82) is 0 Å². The van der Waals surface area contributed by atoms with Crippen molar-refractivity contribution in [3.8, 4) is 0 Å². The predicted octanol–water partition coefficient (Wildman–Crippen LogP) is 4.48. The molecule has 0 spiro atoms. The quantitative estimate of drug-likeness (QED) is 0.566. The molecule has 0 N–H and O–H groups in total. The maximum atomic E-state index is 13.9. The third-order valence-electron chi connectivity index (χ3n) is 7.26. The number of benzene rings is 3. The predicted molar refractivity (Wildman–Crippen MR) is 117 cm³/mol. The van der Waals surface area contributed by atoms with Crippen LogP contribution < -0.4 is 4.90 Å². The Morgan fingerprint density at radius 2 is 1.39 bits per heavy atom. The van der Waals surface area contributed by atoms with E-state index in [1.807, 2.05) is 48.5 Å². The maximum Gasteiger partial charge on any atom is 0.239 e. The minimum atomic E-state index is -1.17. The van der Waals surface area contributed by atoms with Gasteiger partial charge in [0.2, 0.25) is 11.8 Å². The van der Waals surface area contributed by atoms with Crippen molar-refractivity contribution in [2.24, 2.45) is 11.8 Å². The van der Waals surface area contributed by atoms with Crippen LogP contribution in [-0.4, -0.2) is 17.6 Å². The first-order chi connectivity index (χ1) is 15.0. The van der Waals surface area contributed by atoms with E-state index in [1.54, 1.807) is 31.2 Å². The zero-order chi connectivity index (χ0) is 21.5. The molecule has 1 fully saturated rings. The molecule has 7 rings (SSSR count). The lowest BCUT2D eigenvalue weighted by molar-refractivity contribution is -0.132. The molecular weight excluding hydrogens is 410 g/mol. The fraction of sp³-hybridized carbons (Fsp3) is 0.192. The van der Waals surface area contributed by atoms with E-state index in [0.29, 0.717) is 10.7 Å². The molecule has 0 radical (unpaired) electrons. The van der Waals surface area contributed by atoms with Gasteiger partial charge in [0.15, 0.2) is 0 Å². The van der Waals surface area contributed by atoms with E-state index in [1.165, 1.54) is 4.90 Å². The van der Waals surface area contributed by atoms with Gasteiger partial charge in [-0.05, 0) is 53.4 Å². The number of carbonyl (C=O) groups is 3. The van der Waals surface area contributed by atoms with Gasteiger partial charge in [-0.2, -0.15) is 0 Å². The second kappa shape index (κ2) is 6.14. The summed E-state index contributed by atoms with van der Waals surface area (Å²) in [5.41, 5.74) is 2.96. The van der Waals surface area contributed by atoms with Gasteiger partial charge in [-0.1, -0.05) is 60.1 Å². The summed E-state index contributed by atoms with van der Waals surface area (Å²) < 4.78 is 0. The molecule has 2 atom stereocenters.